The molecule has 2 rings (SSSR count). The number of allylic oxidation sites excluding steroid dienone is 1. The van der Waals surface area contributed by atoms with E-state index in [0.717, 1.165) is 24.6 Å². The molecule has 0 unspecified atom stereocenters. The van der Waals surface area contributed by atoms with Crippen LogP contribution in [0.1, 0.15) is 36.8 Å². The van der Waals surface area contributed by atoms with E-state index in [-0.39, 0.29) is 12.4 Å². The molecule has 0 aliphatic carbocycles. The number of nitrogens with one attached hydrogen (secondary N) is 1. The average molecular weight is 238 g/mol. The molecule has 2 heteroatoms. The molecule has 0 atom stereocenters. The van der Waals surface area contributed by atoms with E-state index in [9.17, 15) is 0 Å². The van der Waals surface area contributed by atoms with E-state index in [1.54, 1.807) is 0 Å². The molecule has 0 amide bonds. The van der Waals surface area contributed by atoms with Gasteiger partial charge < -0.3 is 5.32 Å². The lowest BCUT2D eigenvalue weighted by atomic mass is 9.89. The average Bonchev–Trinajstić information content (AvgIpc) is 2.30. The Bertz CT molecular complexity index is 354. The number of rotatable bonds is 2. The molecule has 1 N–H and O–H groups in total. The molecule has 0 saturated carbocycles. The first kappa shape index (κ1) is 13.3. The van der Waals surface area contributed by atoms with Gasteiger partial charge in [-0.2, -0.15) is 0 Å². The zero-order valence-electron chi connectivity index (χ0n) is 9.83. The van der Waals surface area contributed by atoms with Crippen LogP contribution in [0.2, 0.25) is 0 Å². The van der Waals surface area contributed by atoms with E-state index in [0.29, 0.717) is 0 Å². The normalized spacial score (nSPS) is 16.6. The second kappa shape index (κ2) is 6.07. The molecule has 0 radical (unpaired) electrons. The minimum absolute atomic E-state index is 0. The van der Waals surface area contributed by atoms with Crippen LogP contribution in [0.25, 0.3) is 5.57 Å². The molecule has 1 aliphatic rings. The summed E-state index contributed by atoms with van der Waals surface area (Å²) in [6.45, 7) is 8.38. The SMILES string of the molecule is C=C(C)c1cccc(C2CCNCC2)c1.Cl. The summed E-state index contributed by atoms with van der Waals surface area (Å²) in [6.07, 6.45) is 2.53. The molecule has 88 valence electrons. The number of hydrogen-bond acceptors (Lipinski definition) is 1. The van der Waals surface area contributed by atoms with Crippen molar-refractivity contribution in [1.82, 2.24) is 5.32 Å². The molecule has 0 spiro atoms. The standard InChI is InChI=1S/C14H19N.ClH/c1-11(2)13-4-3-5-14(10-13)12-6-8-15-9-7-12;/h3-5,10,12,15H,1,6-9H2,2H3;1H. The van der Waals surface area contributed by atoms with Crippen LogP contribution >= 0.6 is 12.4 Å². The van der Waals surface area contributed by atoms with Gasteiger partial charge in [-0.15, -0.1) is 12.4 Å². The first-order valence-corrected chi connectivity index (χ1v) is 5.74. The smallest absolute Gasteiger partial charge is 0.00431 e. The van der Waals surface area contributed by atoms with Gasteiger partial charge >= 0.3 is 0 Å². The maximum Gasteiger partial charge on any atom is -0.00431 e. The monoisotopic (exact) mass is 237 g/mol. The van der Waals surface area contributed by atoms with Gasteiger partial charge in [0.05, 0.1) is 0 Å². The zero-order chi connectivity index (χ0) is 10.7. The molecular weight excluding hydrogens is 218 g/mol. The van der Waals surface area contributed by atoms with Crippen molar-refractivity contribution in [2.75, 3.05) is 13.1 Å². The Morgan fingerprint density at radius 2 is 2.00 bits per heavy atom. The van der Waals surface area contributed by atoms with Crippen LogP contribution in [0.3, 0.4) is 0 Å². The van der Waals surface area contributed by atoms with Crippen LogP contribution in [0.5, 0.6) is 0 Å². The summed E-state index contributed by atoms with van der Waals surface area (Å²) in [6, 6.07) is 8.86. The fraction of sp³-hybridized carbons (Fsp3) is 0.429. The minimum Gasteiger partial charge on any atom is -0.317 e. The Kier molecular flexibility index (Phi) is 5.04. The van der Waals surface area contributed by atoms with Crippen molar-refractivity contribution in [2.45, 2.75) is 25.7 Å². The van der Waals surface area contributed by atoms with E-state index >= 15 is 0 Å². The lowest BCUT2D eigenvalue weighted by Gasteiger charge is -2.23. The topological polar surface area (TPSA) is 12.0 Å². The van der Waals surface area contributed by atoms with Gasteiger partial charge in [-0.1, -0.05) is 36.4 Å². The van der Waals surface area contributed by atoms with Gasteiger partial charge in [-0.3, -0.25) is 0 Å². The van der Waals surface area contributed by atoms with E-state index in [1.807, 2.05) is 0 Å². The predicted molar refractivity (Wildman–Crippen MR) is 73.2 cm³/mol. The van der Waals surface area contributed by atoms with Crippen LogP contribution < -0.4 is 5.32 Å². The van der Waals surface area contributed by atoms with Crippen molar-refractivity contribution < 1.29 is 0 Å². The van der Waals surface area contributed by atoms with Gasteiger partial charge in [0.2, 0.25) is 0 Å². The third kappa shape index (κ3) is 3.10. The number of hydrogen-bond donors (Lipinski definition) is 1. The Hall–Kier alpha value is -0.790. The van der Waals surface area contributed by atoms with Gasteiger partial charge in [0.1, 0.15) is 0 Å². The second-order valence-corrected chi connectivity index (χ2v) is 4.43. The first-order valence-electron chi connectivity index (χ1n) is 5.74. The Labute approximate surface area is 104 Å². The lowest BCUT2D eigenvalue weighted by Crippen LogP contribution is -2.26. The third-order valence-corrected chi connectivity index (χ3v) is 3.19. The predicted octanol–water partition coefficient (Wildman–Crippen LogP) is 3.61. The Morgan fingerprint density at radius 1 is 1.31 bits per heavy atom. The number of benzene rings is 1. The van der Waals surface area contributed by atoms with Crippen molar-refractivity contribution in [2.24, 2.45) is 0 Å². The molecule has 1 nitrogen and oxygen atoms in total. The highest BCUT2D eigenvalue weighted by atomic mass is 35.5. The third-order valence-electron chi connectivity index (χ3n) is 3.19. The summed E-state index contributed by atoms with van der Waals surface area (Å²) in [5.41, 5.74) is 3.92. The Morgan fingerprint density at radius 3 is 2.62 bits per heavy atom. The molecule has 0 aromatic heterocycles. The van der Waals surface area contributed by atoms with Crippen LogP contribution in [-0.2, 0) is 0 Å². The van der Waals surface area contributed by atoms with Crippen molar-refractivity contribution in [3.8, 4) is 0 Å². The summed E-state index contributed by atoms with van der Waals surface area (Å²) in [5.74, 6) is 0.741. The summed E-state index contributed by atoms with van der Waals surface area (Å²) >= 11 is 0. The lowest BCUT2D eigenvalue weighted by molar-refractivity contribution is 0.460. The van der Waals surface area contributed by atoms with Crippen LogP contribution in [0.4, 0.5) is 0 Å². The van der Waals surface area contributed by atoms with Crippen LogP contribution in [-0.4, -0.2) is 13.1 Å². The quantitative estimate of drug-likeness (QED) is 0.829. The largest absolute Gasteiger partial charge is 0.317 e. The summed E-state index contributed by atoms with van der Waals surface area (Å²) < 4.78 is 0. The molecule has 0 bridgehead atoms. The fourth-order valence-corrected chi connectivity index (χ4v) is 2.21. The van der Waals surface area contributed by atoms with E-state index in [1.165, 1.54) is 24.0 Å². The number of piperidine rings is 1. The molecular formula is C14H20ClN. The van der Waals surface area contributed by atoms with E-state index in [2.05, 4.69) is 43.1 Å². The van der Waals surface area contributed by atoms with Crippen molar-refractivity contribution in [3.05, 3.63) is 42.0 Å². The van der Waals surface area contributed by atoms with Crippen molar-refractivity contribution in [3.63, 3.8) is 0 Å². The highest BCUT2D eigenvalue weighted by Crippen LogP contribution is 2.26. The molecule has 1 aliphatic heterocycles. The van der Waals surface area contributed by atoms with Crippen LogP contribution in [0, 0.1) is 0 Å². The Balaban J connectivity index is 0.00000128. The van der Waals surface area contributed by atoms with Crippen molar-refractivity contribution >= 4 is 18.0 Å². The fourth-order valence-electron chi connectivity index (χ4n) is 2.21. The molecule has 16 heavy (non-hydrogen) atoms. The first-order chi connectivity index (χ1) is 7.27. The zero-order valence-corrected chi connectivity index (χ0v) is 10.6. The van der Waals surface area contributed by atoms with Gasteiger partial charge in [-0.05, 0) is 49.9 Å². The molecule has 1 fully saturated rings. The molecule has 1 saturated heterocycles. The van der Waals surface area contributed by atoms with Gasteiger partial charge in [0, 0.05) is 0 Å². The van der Waals surface area contributed by atoms with Crippen molar-refractivity contribution in [1.29, 1.82) is 0 Å². The minimum atomic E-state index is 0. The second-order valence-electron chi connectivity index (χ2n) is 4.43. The summed E-state index contributed by atoms with van der Waals surface area (Å²) in [4.78, 5) is 0. The summed E-state index contributed by atoms with van der Waals surface area (Å²) in [5, 5.41) is 3.40. The number of halogens is 1. The molecule has 1 aromatic carbocycles. The molecule has 1 heterocycles. The van der Waals surface area contributed by atoms with Gasteiger partial charge in [0.25, 0.3) is 0 Å². The summed E-state index contributed by atoms with van der Waals surface area (Å²) in [7, 11) is 0. The molecule has 1 aromatic rings. The van der Waals surface area contributed by atoms with E-state index in [4.69, 9.17) is 0 Å². The van der Waals surface area contributed by atoms with Gasteiger partial charge in [-0.25, -0.2) is 0 Å². The van der Waals surface area contributed by atoms with Crippen LogP contribution in [0.15, 0.2) is 30.8 Å². The highest BCUT2D eigenvalue weighted by molar-refractivity contribution is 5.85. The highest BCUT2D eigenvalue weighted by Gasteiger charge is 2.14. The van der Waals surface area contributed by atoms with E-state index < -0.39 is 0 Å². The van der Waals surface area contributed by atoms with Gasteiger partial charge in [0.15, 0.2) is 0 Å². The maximum absolute atomic E-state index is 4.00. The maximum atomic E-state index is 4.00.